The van der Waals surface area contributed by atoms with Crippen LogP contribution in [0.5, 0.6) is 11.5 Å². The molecular formula is C20H29N3O5. The molecule has 0 unspecified atom stereocenters. The second kappa shape index (κ2) is 8.79. The maximum Gasteiger partial charge on any atom is 0.257 e. The number of amides is 2. The van der Waals surface area contributed by atoms with Crippen molar-refractivity contribution < 1.29 is 23.8 Å². The molecule has 0 aliphatic carbocycles. The van der Waals surface area contributed by atoms with Crippen LogP contribution in [-0.2, 0) is 9.53 Å². The highest BCUT2D eigenvalue weighted by Crippen LogP contribution is 2.32. The molecule has 3 rings (SSSR count). The normalized spacial score (nSPS) is 19.2. The molecule has 0 saturated carbocycles. The molecule has 0 bridgehead atoms. The van der Waals surface area contributed by atoms with Crippen LogP contribution in [0, 0.1) is 5.41 Å². The third-order valence-electron chi connectivity index (χ3n) is 5.79. The van der Waals surface area contributed by atoms with E-state index in [1.807, 2.05) is 4.90 Å². The van der Waals surface area contributed by atoms with Crippen molar-refractivity contribution in [3.05, 3.63) is 23.8 Å². The first-order valence-corrected chi connectivity index (χ1v) is 9.63. The minimum absolute atomic E-state index is 0.0902. The second-order valence-corrected chi connectivity index (χ2v) is 7.25. The molecule has 154 valence electrons. The summed E-state index contributed by atoms with van der Waals surface area (Å²) in [4.78, 5) is 29.6. The van der Waals surface area contributed by atoms with Gasteiger partial charge in [-0.05, 0) is 25.0 Å². The smallest absolute Gasteiger partial charge is 0.257 e. The van der Waals surface area contributed by atoms with Crippen molar-refractivity contribution in [2.24, 2.45) is 11.1 Å². The number of methoxy groups -OCH3 is 2. The molecule has 1 aromatic rings. The van der Waals surface area contributed by atoms with Gasteiger partial charge in [-0.2, -0.15) is 0 Å². The van der Waals surface area contributed by atoms with Crippen molar-refractivity contribution >= 4 is 11.8 Å². The van der Waals surface area contributed by atoms with Gasteiger partial charge in [0.05, 0.1) is 25.2 Å². The summed E-state index contributed by atoms with van der Waals surface area (Å²) >= 11 is 0. The van der Waals surface area contributed by atoms with E-state index in [1.54, 1.807) is 30.2 Å². The van der Waals surface area contributed by atoms with Gasteiger partial charge >= 0.3 is 0 Å². The van der Waals surface area contributed by atoms with Crippen molar-refractivity contribution in [1.29, 1.82) is 0 Å². The van der Waals surface area contributed by atoms with Gasteiger partial charge in [0, 0.05) is 52.0 Å². The van der Waals surface area contributed by atoms with Crippen LogP contribution in [0.1, 0.15) is 23.2 Å². The van der Waals surface area contributed by atoms with Crippen molar-refractivity contribution in [3.63, 3.8) is 0 Å². The Hall–Kier alpha value is -2.32. The van der Waals surface area contributed by atoms with E-state index in [9.17, 15) is 9.59 Å². The van der Waals surface area contributed by atoms with Crippen LogP contribution in [0.3, 0.4) is 0 Å². The lowest BCUT2D eigenvalue weighted by Gasteiger charge is -2.42. The van der Waals surface area contributed by atoms with Gasteiger partial charge in [0.25, 0.3) is 5.91 Å². The van der Waals surface area contributed by atoms with Gasteiger partial charge in [-0.1, -0.05) is 0 Å². The highest BCUT2D eigenvalue weighted by molar-refractivity contribution is 5.97. The van der Waals surface area contributed by atoms with Crippen molar-refractivity contribution in [2.45, 2.75) is 12.8 Å². The minimum atomic E-state index is -0.524. The predicted molar refractivity (Wildman–Crippen MR) is 104 cm³/mol. The third kappa shape index (κ3) is 3.93. The fraction of sp³-hybridized carbons (Fsp3) is 0.600. The molecule has 2 aliphatic heterocycles. The summed E-state index contributed by atoms with van der Waals surface area (Å²) in [6.07, 6.45) is 1.31. The Labute approximate surface area is 165 Å². The van der Waals surface area contributed by atoms with E-state index < -0.39 is 5.41 Å². The van der Waals surface area contributed by atoms with Gasteiger partial charge in [-0.15, -0.1) is 0 Å². The summed E-state index contributed by atoms with van der Waals surface area (Å²) < 4.78 is 15.9. The van der Waals surface area contributed by atoms with E-state index in [4.69, 9.17) is 19.9 Å². The first-order valence-electron chi connectivity index (χ1n) is 9.63. The van der Waals surface area contributed by atoms with E-state index in [0.29, 0.717) is 75.8 Å². The van der Waals surface area contributed by atoms with E-state index in [0.717, 1.165) is 0 Å². The number of nitrogens with zero attached hydrogens (tertiary/aromatic N) is 2. The van der Waals surface area contributed by atoms with E-state index in [2.05, 4.69) is 0 Å². The van der Waals surface area contributed by atoms with Crippen LogP contribution >= 0.6 is 0 Å². The average molecular weight is 391 g/mol. The molecule has 2 saturated heterocycles. The second-order valence-electron chi connectivity index (χ2n) is 7.25. The Morgan fingerprint density at radius 1 is 1.07 bits per heavy atom. The largest absolute Gasteiger partial charge is 0.497 e. The number of nitrogens with two attached hydrogens (primary N) is 1. The lowest BCUT2D eigenvalue weighted by molar-refractivity contribution is -0.148. The van der Waals surface area contributed by atoms with E-state index in [1.165, 1.54) is 7.11 Å². The Morgan fingerprint density at radius 2 is 1.71 bits per heavy atom. The number of carbonyl (C=O) groups is 2. The Bertz CT molecular complexity index is 710. The number of benzene rings is 1. The van der Waals surface area contributed by atoms with Crippen molar-refractivity contribution in [3.8, 4) is 11.5 Å². The minimum Gasteiger partial charge on any atom is -0.497 e. The number of carbonyl (C=O) groups excluding carboxylic acids is 2. The van der Waals surface area contributed by atoms with Gasteiger partial charge < -0.3 is 29.7 Å². The summed E-state index contributed by atoms with van der Waals surface area (Å²) in [5.41, 5.74) is 5.93. The zero-order valence-electron chi connectivity index (χ0n) is 16.6. The molecule has 2 amide bonds. The molecular weight excluding hydrogens is 362 g/mol. The fourth-order valence-electron chi connectivity index (χ4n) is 3.86. The molecule has 0 aromatic heterocycles. The SMILES string of the molecule is COc1ccc(C(=O)N2CCN(C(=O)C3(CN)CCOCC3)CC2)c(OC)c1. The molecule has 0 atom stereocenters. The van der Waals surface area contributed by atoms with Crippen LogP contribution in [-0.4, -0.2) is 81.8 Å². The summed E-state index contributed by atoms with van der Waals surface area (Å²) in [5, 5.41) is 0. The van der Waals surface area contributed by atoms with Crippen LogP contribution in [0.4, 0.5) is 0 Å². The average Bonchev–Trinajstić information content (AvgIpc) is 2.78. The topological polar surface area (TPSA) is 94.3 Å². The fourth-order valence-corrected chi connectivity index (χ4v) is 3.86. The lowest BCUT2D eigenvalue weighted by atomic mass is 9.78. The molecule has 2 N–H and O–H groups in total. The van der Waals surface area contributed by atoms with Crippen LogP contribution in [0.2, 0.25) is 0 Å². The lowest BCUT2D eigenvalue weighted by Crippen LogP contribution is -2.57. The molecule has 0 spiro atoms. The zero-order chi connectivity index (χ0) is 20.1. The standard InChI is InChI=1S/C20H29N3O5/c1-26-15-3-4-16(17(13-15)27-2)18(24)22-7-9-23(10-8-22)19(25)20(14-21)5-11-28-12-6-20/h3-4,13H,5-12,14,21H2,1-2H3. The van der Waals surface area contributed by atoms with Crippen molar-refractivity contribution in [1.82, 2.24) is 9.80 Å². The highest BCUT2D eigenvalue weighted by Gasteiger charge is 2.42. The molecule has 2 fully saturated rings. The molecule has 2 aliphatic rings. The number of piperazine rings is 1. The molecule has 28 heavy (non-hydrogen) atoms. The van der Waals surface area contributed by atoms with Crippen LogP contribution in [0.15, 0.2) is 18.2 Å². The quantitative estimate of drug-likeness (QED) is 0.796. The monoisotopic (exact) mass is 391 g/mol. The summed E-state index contributed by atoms with van der Waals surface area (Å²) in [7, 11) is 3.10. The van der Waals surface area contributed by atoms with Gasteiger partial charge in [-0.25, -0.2) is 0 Å². The molecule has 1 aromatic carbocycles. The first kappa shape index (κ1) is 20.4. The van der Waals surface area contributed by atoms with Crippen LogP contribution in [0.25, 0.3) is 0 Å². The van der Waals surface area contributed by atoms with Gasteiger partial charge in [-0.3, -0.25) is 9.59 Å². The van der Waals surface area contributed by atoms with Crippen molar-refractivity contribution in [2.75, 3.05) is 60.2 Å². The van der Waals surface area contributed by atoms with Gasteiger partial charge in [0.15, 0.2) is 0 Å². The molecule has 8 heteroatoms. The van der Waals surface area contributed by atoms with E-state index >= 15 is 0 Å². The Morgan fingerprint density at radius 3 is 2.29 bits per heavy atom. The molecule has 2 heterocycles. The Kier molecular flexibility index (Phi) is 6.41. The zero-order valence-corrected chi connectivity index (χ0v) is 16.6. The Balaban J connectivity index is 1.65. The van der Waals surface area contributed by atoms with Crippen LogP contribution < -0.4 is 15.2 Å². The molecule has 0 radical (unpaired) electrons. The summed E-state index contributed by atoms with van der Waals surface area (Å²) in [5.74, 6) is 1.10. The van der Waals surface area contributed by atoms with E-state index in [-0.39, 0.29) is 11.8 Å². The summed E-state index contributed by atoms with van der Waals surface area (Å²) in [6.45, 7) is 3.44. The van der Waals surface area contributed by atoms with Gasteiger partial charge in [0.2, 0.25) is 5.91 Å². The number of hydrogen-bond donors (Lipinski definition) is 1. The maximum absolute atomic E-state index is 13.1. The predicted octanol–water partition coefficient (Wildman–Crippen LogP) is 0.744. The number of ether oxygens (including phenoxy) is 3. The first-order chi connectivity index (χ1) is 13.5. The maximum atomic E-state index is 13.1. The number of rotatable bonds is 5. The highest BCUT2D eigenvalue weighted by atomic mass is 16.5. The summed E-state index contributed by atoms with van der Waals surface area (Å²) in [6, 6.07) is 5.15. The van der Waals surface area contributed by atoms with Gasteiger partial charge in [0.1, 0.15) is 11.5 Å². The number of hydrogen-bond acceptors (Lipinski definition) is 6. The molecule has 8 nitrogen and oxygen atoms in total. The third-order valence-corrected chi connectivity index (χ3v) is 5.79.